The number of likely N-dealkylation sites (tertiary alicyclic amines) is 1. The number of halogens is 1. The van der Waals surface area contributed by atoms with E-state index < -0.39 is 29.6 Å². The Morgan fingerprint density at radius 3 is 2.31 bits per heavy atom. The number of amides is 2. The number of fused-ring (bicyclic) bond motifs is 1. The molecule has 68 heavy (non-hydrogen) atoms. The molecule has 13 nitrogen and oxygen atoms in total. The number of rotatable bonds is 20. The molecule has 2 fully saturated rings. The first-order chi connectivity index (χ1) is 32.5. The van der Waals surface area contributed by atoms with E-state index in [9.17, 15) is 24.6 Å². The van der Waals surface area contributed by atoms with Crippen molar-refractivity contribution in [2.45, 2.75) is 129 Å². The molecule has 3 aliphatic rings. The molecule has 0 bridgehead atoms. The van der Waals surface area contributed by atoms with E-state index in [-0.39, 0.29) is 61.5 Å². The monoisotopic (exact) mass is 967 g/mol. The van der Waals surface area contributed by atoms with E-state index in [4.69, 9.17) is 16.3 Å². The fourth-order valence-corrected chi connectivity index (χ4v) is 11.0. The summed E-state index contributed by atoms with van der Waals surface area (Å²) in [5.41, 5.74) is 7.92. The minimum atomic E-state index is -0.687. The van der Waals surface area contributed by atoms with Gasteiger partial charge in [0.05, 0.1) is 52.6 Å². The van der Waals surface area contributed by atoms with Gasteiger partial charge in [-0.1, -0.05) is 95.1 Å². The van der Waals surface area contributed by atoms with Crippen molar-refractivity contribution in [3.8, 4) is 10.4 Å². The van der Waals surface area contributed by atoms with E-state index >= 15 is 0 Å². The number of β-amino-alcohol motifs (C(OH)–C–C–N with tert-alkyl or cyclic N) is 1. The molecule has 0 radical (unpaired) electrons. The maximum absolute atomic E-state index is 14.3. The lowest BCUT2D eigenvalue weighted by Gasteiger charge is -2.38. The second kappa shape index (κ2) is 22.8. The van der Waals surface area contributed by atoms with Crippen LogP contribution in [0.3, 0.4) is 0 Å². The van der Waals surface area contributed by atoms with Gasteiger partial charge in [0.2, 0.25) is 11.8 Å². The van der Waals surface area contributed by atoms with Crippen molar-refractivity contribution in [3.63, 3.8) is 0 Å². The SMILES string of the molecule is C=C(N[C@@H](C)c1ccc(-c2scnc2C)cc1)[C@@H]1C[C@@H](O)CN1C(=O)[C@@H](CC(=O)CCOCCCCC[C@@H](C(=O)N1CCN(c2ncnc3c2[C@H](C)C[C@H]3O)CC1)c1ccc(Cl)cc1)C(C)(C)C. The lowest BCUT2D eigenvalue weighted by molar-refractivity contribution is -0.142. The van der Waals surface area contributed by atoms with Gasteiger partial charge in [-0.05, 0) is 73.3 Å². The largest absolute Gasteiger partial charge is 0.391 e. The van der Waals surface area contributed by atoms with Gasteiger partial charge < -0.3 is 35.0 Å². The van der Waals surface area contributed by atoms with Crippen molar-refractivity contribution in [1.82, 2.24) is 30.1 Å². The minimum absolute atomic E-state index is 0.0310. The number of ketones is 1. The van der Waals surface area contributed by atoms with Gasteiger partial charge in [0.1, 0.15) is 17.9 Å². The molecule has 0 saturated carbocycles. The highest BCUT2D eigenvalue weighted by molar-refractivity contribution is 7.13. The number of thiazole rings is 1. The number of unbranched alkanes of at least 4 members (excludes halogenated alkanes) is 2. The van der Waals surface area contributed by atoms with Crippen LogP contribution < -0.4 is 10.2 Å². The summed E-state index contributed by atoms with van der Waals surface area (Å²) >= 11 is 7.86. The Morgan fingerprint density at radius 2 is 1.63 bits per heavy atom. The van der Waals surface area contributed by atoms with Gasteiger partial charge in [-0.2, -0.15) is 0 Å². The molecule has 1 aliphatic carbocycles. The Labute approximate surface area is 411 Å². The number of carbonyl (C=O) groups is 3. The van der Waals surface area contributed by atoms with E-state index in [1.54, 1.807) is 16.2 Å². The summed E-state index contributed by atoms with van der Waals surface area (Å²) in [4.78, 5) is 62.3. The maximum atomic E-state index is 14.3. The lowest BCUT2D eigenvalue weighted by Crippen LogP contribution is -2.50. The van der Waals surface area contributed by atoms with Crippen molar-refractivity contribution >= 4 is 46.4 Å². The first-order valence-corrected chi connectivity index (χ1v) is 25.6. The highest BCUT2D eigenvalue weighted by Crippen LogP contribution is 2.43. The number of nitrogens with zero attached hydrogens (tertiary/aromatic N) is 6. The zero-order valence-electron chi connectivity index (χ0n) is 40.6. The molecule has 4 aromatic rings. The fraction of sp³-hybridized carbons (Fsp3) is 0.547. The number of aliphatic hydroxyl groups excluding tert-OH is 2. The summed E-state index contributed by atoms with van der Waals surface area (Å²) in [7, 11) is 0. The van der Waals surface area contributed by atoms with E-state index in [1.165, 1.54) is 6.33 Å². The van der Waals surface area contributed by atoms with Crippen LogP contribution in [0.2, 0.25) is 5.02 Å². The molecule has 2 aromatic heterocycles. The van der Waals surface area contributed by atoms with Gasteiger partial charge in [0.25, 0.3) is 0 Å². The first-order valence-electron chi connectivity index (χ1n) is 24.4. The van der Waals surface area contributed by atoms with E-state index in [1.807, 2.05) is 62.4 Å². The topological polar surface area (TPSA) is 161 Å². The van der Waals surface area contributed by atoms with E-state index in [0.29, 0.717) is 62.8 Å². The summed E-state index contributed by atoms with van der Waals surface area (Å²) < 4.78 is 5.94. The predicted octanol–water partition coefficient (Wildman–Crippen LogP) is 8.95. The van der Waals surface area contributed by atoms with Crippen molar-refractivity contribution in [3.05, 3.63) is 106 Å². The molecule has 0 unspecified atom stereocenters. The Kier molecular flexibility index (Phi) is 17.1. The fourth-order valence-electron chi connectivity index (χ4n) is 10.1. The standard InChI is InChI=1S/C53H70ClN7O6S/c1-33-27-46(64)48-47(33)50(56-31-55-48)59-21-23-60(24-22-59)51(65)43(38-16-18-40(54)19-17-38)11-9-8-10-25-67-26-20-41(62)28-44(53(5,6)7)52(66)61-30-42(63)29-45(61)35(3)58-34(2)37-12-14-39(15-13-37)49-36(4)57-32-68-49/h12-19,31-34,42-46,58,63-64H,3,8-11,20-30H2,1-2,4-7H3/t33-,34+,42-,43-,44-,45+,46-/m1/s1. The first kappa shape index (κ1) is 51.1. The normalized spacial score (nSPS) is 20.8. The number of Topliss-reactive ketones (excluding diaryl/α,β-unsaturated/α-hetero) is 1. The number of nitrogens with one attached hydrogen (secondary N) is 1. The van der Waals surface area contributed by atoms with Crippen LogP contribution in [-0.2, 0) is 19.1 Å². The molecule has 7 rings (SSSR count). The molecule has 2 amide bonds. The van der Waals surface area contributed by atoms with Gasteiger partial charge >= 0.3 is 0 Å². The molecule has 2 aliphatic heterocycles. The number of aliphatic hydroxyl groups is 2. The number of ether oxygens (including phenoxy) is 1. The molecule has 4 heterocycles. The van der Waals surface area contributed by atoms with Crippen molar-refractivity contribution < 1.29 is 29.3 Å². The quantitative estimate of drug-likeness (QED) is 0.0726. The van der Waals surface area contributed by atoms with Crippen LogP contribution in [0, 0.1) is 18.3 Å². The zero-order chi connectivity index (χ0) is 48.7. The number of hydrogen-bond donors (Lipinski definition) is 3. The number of piperazine rings is 1. The molecule has 3 N–H and O–H groups in total. The smallest absolute Gasteiger partial charge is 0.230 e. The van der Waals surface area contributed by atoms with Crippen LogP contribution in [0.1, 0.15) is 138 Å². The molecule has 2 aromatic carbocycles. The van der Waals surface area contributed by atoms with Gasteiger partial charge in [-0.15, -0.1) is 11.3 Å². The van der Waals surface area contributed by atoms with Crippen LogP contribution in [0.5, 0.6) is 0 Å². The van der Waals surface area contributed by atoms with Crippen molar-refractivity contribution in [2.24, 2.45) is 11.3 Å². The van der Waals surface area contributed by atoms with E-state index in [0.717, 1.165) is 63.6 Å². The number of hydrogen-bond acceptors (Lipinski definition) is 12. The minimum Gasteiger partial charge on any atom is -0.391 e. The van der Waals surface area contributed by atoms with Crippen LogP contribution in [-0.4, -0.2) is 111 Å². The zero-order valence-corrected chi connectivity index (χ0v) is 42.2. The second-order valence-electron chi connectivity index (χ2n) is 20.1. The third-order valence-electron chi connectivity index (χ3n) is 14.1. The van der Waals surface area contributed by atoms with Crippen LogP contribution in [0.4, 0.5) is 5.82 Å². The van der Waals surface area contributed by atoms with Crippen LogP contribution >= 0.6 is 22.9 Å². The number of carbonyl (C=O) groups excluding carboxylic acids is 3. The molecule has 366 valence electrons. The van der Waals surface area contributed by atoms with Gasteiger partial charge in [-0.3, -0.25) is 14.4 Å². The number of aromatic nitrogens is 3. The van der Waals surface area contributed by atoms with E-state index in [2.05, 4.69) is 69.9 Å². The van der Waals surface area contributed by atoms with Gasteiger partial charge in [0.15, 0.2) is 0 Å². The van der Waals surface area contributed by atoms with Gasteiger partial charge in [0, 0.05) is 86.8 Å². The Balaban J connectivity index is 0.847. The van der Waals surface area contributed by atoms with Crippen LogP contribution in [0.25, 0.3) is 10.4 Å². The highest BCUT2D eigenvalue weighted by Gasteiger charge is 2.43. The number of anilines is 1. The van der Waals surface area contributed by atoms with Gasteiger partial charge in [-0.25, -0.2) is 15.0 Å². The number of aryl methyl sites for hydroxylation is 1. The summed E-state index contributed by atoms with van der Waals surface area (Å²) in [5, 5.41) is 25.4. The molecule has 0 spiro atoms. The molecule has 2 saturated heterocycles. The summed E-state index contributed by atoms with van der Waals surface area (Å²) in [6, 6.07) is 15.5. The number of benzene rings is 2. The maximum Gasteiger partial charge on any atom is 0.230 e. The average molecular weight is 969 g/mol. The summed E-state index contributed by atoms with van der Waals surface area (Å²) in [6.07, 6.45) is 4.78. The van der Waals surface area contributed by atoms with Crippen molar-refractivity contribution in [1.29, 1.82) is 0 Å². The Morgan fingerprint density at radius 1 is 0.926 bits per heavy atom. The van der Waals surface area contributed by atoms with Crippen LogP contribution in [0.15, 0.2) is 72.6 Å². The average Bonchev–Trinajstić information content (AvgIpc) is 4.02. The Bertz CT molecular complexity index is 2360. The molecule has 15 heteroatoms. The highest BCUT2D eigenvalue weighted by atomic mass is 35.5. The second-order valence-corrected chi connectivity index (χ2v) is 21.4. The summed E-state index contributed by atoms with van der Waals surface area (Å²) in [6.45, 7) is 19.9. The molecular weight excluding hydrogens is 898 g/mol. The predicted molar refractivity (Wildman–Crippen MR) is 269 cm³/mol. The molecule has 7 atom stereocenters. The summed E-state index contributed by atoms with van der Waals surface area (Å²) in [5.74, 6) is 0.102. The lowest BCUT2D eigenvalue weighted by atomic mass is 9.76. The molecular formula is C53H70ClN7O6S. The third-order valence-corrected chi connectivity index (χ3v) is 15.3. The third kappa shape index (κ3) is 12.3. The Hall–Kier alpha value is -4.73. The van der Waals surface area contributed by atoms with Crippen molar-refractivity contribution in [2.75, 3.05) is 50.8 Å².